The number of nitrogens with zero attached hydrogens (tertiary/aromatic N) is 1. The Kier molecular flexibility index (Phi) is 2.58. The van der Waals surface area contributed by atoms with Crippen LogP contribution < -0.4 is 5.56 Å². The highest BCUT2D eigenvalue weighted by Crippen LogP contribution is 2.48. The molecule has 17 heavy (non-hydrogen) atoms. The lowest BCUT2D eigenvalue weighted by atomic mass is 10.1. The molecule has 88 valence electrons. The standard InChI is InChI=1S/C14H14BrNO/c15-9-14(6-7-14)10-16-8-5-11-3-1-2-4-12(11)13(16)17/h1-5,8H,6-7,9-10H2. The van der Waals surface area contributed by atoms with Gasteiger partial charge in [-0.05, 0) is 35.8 Å². The molecule has 1 aromatic heterocycles. The van der Waals surface area contributed by atoms with Crippen LogP contribution in [-0.4, -0.2) is 9.90 Å². The van der Waals surface area contributed by atoms with Gasteiger partial charge in [-0.15, -0.1) is 0 Å². The van der Waals surface area contributed by atoms with Crippen molar-refractivity contribution >= 4 is 26.7 Å². The first-order chi connectivity index (χ1) is 8.24. The summed E-state index contributed by atoms with van der Waals surface area (Å²) in [6.07, 6.45) is 4.36. The third kappa shape index (κ3) is 1.93. The van der Waals surface area contributed by atoms with Gasteiger partial charge < -0.3 is 4.57 Å². The van der Waals surface area contributed by atoms with Crippen LogP contribution in [0, 0.1) is 5.41 Å². The first-order valence-corrected chi connectivity index (χ1v) is 7.00. The predicted octanol–water partition coefficient (Wildman–Crippen LogP) is 3.18. The van der Waals surface area contributed by atoms with Gasteiger partial charge in [-0.2, -0.15) is 0 Å². The smallest absolute Gasteiger partial charge is 0.258 e. The molecule has 0 radical (unpaired) electrons. The van der Waals surface area contributed by atoms with Crippen molar-refractivity contribution in [1.29, 1.82) is 0 Å². The van der Waals surface area contributed by atoms with E-state index in [1.165, 1.54) is 12.8 Å². The molecule has 3 rings (SSSR count). The van der Waals surface area contributed by atoms with E-state index in [4.69, 9.17) is 0 Å². The third-order valence-electron chi connectivity index (χ3n) is 3.63. The van der Waals surface area contributed by atoms with Gasteiger partial charge in [-0.25, -0.2) is 0 Å². The van der Waals surface area contributed by atoms with E-state index in [2.05, 4.69) is 15.9 Å². The molecule has 2 aromatic rings. The first kappa shape index (κ1) is 11.0. The summed E-state index contributed by atoms with van der Waals surface area (Å²) in [5.74, 6) is 0. The summed E-state index contributed by atoms with van der Waals surface area (Å²) in [5, 5.41) is 2.83. The largest absolute Gasteiger partial charge is 0.314 e. The van der Waals surface area contributed by atoms with E-state index < -0.39 is 0 Å². The van der Waals surface area contributed by atoms with Crippen molar-refractivity contribution in [2.45, 2.75) is 19.4 Å². The van der Waals surface area contributed by atoms with Gasteiger partial charge in [-0.3, -0.25) is 4.79 Å². The Morgan fingerprint density at radius 3 is 2.71 bits per heavy atom. The topological polar surface area (TPSA) is 22.0 Å². The minimum Gasteiger partial charge on any atom is -0.314 e. The van der Waals surface area contributed by atoms with Crippen LogP contribution in [0.25, 0.3) is 10.8 Å². The molecule has 1 heterocycles. The van der Waals surface area contributed by atoms with Gasteiger partial charge >= 0.3 is 0 Å². The van der Waals surface area contributed by atoms with E-state index in [9.17, 15) is 4.79 Å². The zero-order valence-electron chi connectivity index (χ0n) is 9.53. The second-order valence-corrected chi connectivity index (χ2v) is 5.53. The number of fused-ring (bicyclic) bond motifs is 1. The van der Waals surface area contributed by atoms with E-state index in [1.807, 2.05) is 41.1 Å². The number of hydrogen-bond donors (Lipinski definition) is 0. The molecule has 0 N–H and O–H groups in total. The summed E-state index contributed by atoms with van der Waals surface area (Å²) >= 11 is 3.55. The van der Waals surface area contributed by atoms with E-state index in [1.54, 1.807) is 0 Å². The average Bonchev–Trinajstić information content (AvgIpc) is 3.14. The molecule has 1 aliphatic rings. The Hall–Kier alpha value is -1.09. The molecule has 2 nitrogen and oxygen atoms in total. The lowest BCUT2D eigenvalue weighted by molar-refractivity contribution is 0.467. The summed E-state index contributed by atoms with van der Waals surface area (Å²) in [5.41, 5.74) is 0.460. The molecule has 0 amide bonds. The Labute approximate surface area is 108 Å². The van der Waals surface area contributed by atoms with Gasteiger partial charge in [0.05, 0.1) is 0 Å². The lowest BCUT2D eigenvalue weighted by Crippen LogP contribution is -2.25. The molecule has 1 aromatic carbocycles. The van der Waals surface area contributed by atoms with Crippen molar-refractivity contribution in [3.63, 3.8) is 0 Å². The van der Waals surface area contributed by atoms with Gasteiger partial charge in [0.1, 0.15) is 0 Å². The molecule has 0 atom stereocenters. The van der Waals surface area contributed by atoms with Crippen LogP contribution in [0.3, 0.4) is 0 Å². The maximum atomic E-state index is 12.3. The number of hydrogen-bond acceptors (Lipinski definition) is 1. The summed E-state index contributed by atoms with van der Waals surface area (Å²) in [7, 11) is 0. The van der Waals surface area contributed by atoms with Crippen LogP contribution in [0.15, 0.2) is 41.3 Å². The van der Waals surface area contributed by atoms with E-state index in [-0.39, 0.29) is 5.56 Å². The van der Waals surface area contributed by atoms with Gasteiger partial charge in [0.25, 0.3) is 5.56 Å². The zero-order valence-corrected chi connectivity index (χ0v) is 11.1. The molecule has 3 heteroatoms. The SMILES string of the molecule is O=c1c2ccccc2ccn1CC1(CBr)CC1. The quantitative estimate of drug-likeness (QED) is 0.796. The fraction of sp³-hybridized carbons (Fsp3) is 0.357. The molecule has 1 saturated carbocycles. The highest BCUT2D eigenvalue weighted by atomic mass is 79.9. The molecule has 1 fully saturated rings. The fourth-order valence-corrected chi connectivity index (χ4v) is 2.96. The molecule has 0 aliphatic heterocycles. The molecule has 0 spiro atoms. The maximum absolute atomic E-state index is 12.3. The van der Waals surface area contributed by atoms with Crippen molar-refractivity contribution < 1.29 is 0 Å². The Morgan fingerprint density at radius 2 is 2.00 bits per heavy atom. The van der Waals surface area contributed by atoms with E-state index >= 15 is 0 Å². The van der Waals surface area contributed by atoms with Crippen molar-refractivity contribution in [1.82, 2.24) is 4.57 Å². The third-order valence-corrected chi connectivity index (χ3v) is 4.82. The number of halogens is 1. The van der Waals surface area contributed by atoms with Crippen molar-refractivity contribution in [3.8, 4) is 0 Å². The van der Waals surface area contributed by atoms with Crippen LogP contribution >= 0.6 is 15.9 Å². The fourth-order valence-electron chi connectivity index (χ4n) is 2.23. The van der Waals surface area contributed by atoms with Crippen molar-refractivity contribution in [3.05, 3.63) is 46.9 Å². The number of benzene rings is 1. The normalized spacial score (nSPS) is 17.2. The molecule has 0 saturated heterocycles. The van der Waals surface area contributed by atoms with Gasteiger partial charge in [0.15, 0.2) is 0 Å². The van der Waals surface area contributed by atoms with E-state index in [0.717, 1.165) is 22.6 Å². The van der Waals surface area contributed by atoms with Gasteiger partial charge in [-0.1, -0.05) is 34.1 Å². The molecular formula is C14H14BrNO. The highest BCUT2D eigenvalue weighted by molar-refractivity contribution is 9.09. The zero-order chi connectivity index (χ0) is 11.9. The predicted molar refractivity (Wildman–Crippen MR) is 73.7 cm³/mol. The van der Waals surface area contributed by atoms with Crippen LogP contribution in [0.1, 0.15) is 12.8 Å². The minimum absolute atomic E-state index is 0.135. The molecule has 0 unspecified atom stereocenters. The average molecular weight is 292 g/mol. The molecule has 1 aliphatic carbocycles. The van der Waals surface area contributed by atoms with Crippen LogP contribution in [-0.2, 0) is 6.54 Å². The second kappa shape index (κ2) is 3.98. The minimum atomic E-state index is 0.135. The van der Waals surface area contributed by atoms with Crippen LogP contribution in [0.2, 0.25) is 0 Å². The Morgan fingerprint density at radius 1 is 1.24 bits per heavy atom. The Bertz CT molecular complexity index is 613. The van der Waals surface area contributed by atoms with Crippen molar-refractivity contribution in [2.24, 2.45) is 5.41 Å². The lowest BCUT2D eigenvalue weighted by Gasteiger charge is -2.14. The van der Waals surface area contributed by atoms with Crippen LogP contribution in [0.4, 0.5) is 0 Å². The van der Waals surface area contributed by atoms with Crippen molar-refractivity contribution in [2.75, 3.05) is 5.33 Å². The summed E-state index contributed by atoms with van der Waals surface area (Å²) < 4.78 is 1.86. The number of alkyl halides is 1. The number of rotatable bonds is 3. The van der Waals surface area contributed by atoms with Gasteiger partial charge in [0, 0.05) is 23.5 Å². The molecular weight excluding hydrogens is 278 g/mol. The Balaban J connectivity index is 2.06. The number of pyridine rings is 1. The maximum Gasteiger partial charge on any atom is 0.258 e. The monoisotopic (exact) mass is 291 g/mol. The van der Waals surface area contributed by atoms with E-state index in [0.29, 0.717) is 5.41 Å². The highest BCUT2D eigenvalue weighted by Gasteiger charge is 2.41. The first-order valence-electron chi connectivity index (χ1n) is 5.88. The second-order valence-electron chi connectivity index (χ2n) is 4.97. The van der Waals surface area contributed by atoms with Gasteiger partial charge in [0.2, 0.25) is 0 Å². The summed E-state index contributed by atoms with van der Waals surface area (Å²) in [6.45, 7) is 0.835. The summed E-state index contributed by atoms with van der Waals surface area (Å²) in [4.78, 5) is 12.3. The molecule has 0 bridgehead atoms. The summed E-state index contributed by atoms with van der Waals surface area (Å²) in [6, 6.07) is 9.81. The number of aromatic nitrogens is 1. The van der Waals surface area contributed by atoms with Crippen LogP contribution in [0.5, 0.6) is 0 Å².